The third-order valence-corrected chi connectivity index (χ3v) is 2.70. The quantitative estimate of drug-likeness (QED) is 0.445. The summed E-state index contributed by atoms with van der Waals surface area (Å²) in [5.41, 5.74) is 1.33. The zero-order valence-corrected chi connectivity index (χ0v) is 5.30. The van der Waals surface area contributed by atoms with Crippen LogP contribution in [0.25, 0.3) is 0 Å². The standard InChI is InChI=1S/C8H9N/c1-5-2-6-3-7(5)8(6)4-9/h6-8H,1-3H2/t6-,7-,8+/m1/s1. The average molecular weight is 119 g/mol. The van der Waals surface area contributed by atoms with Crippen LogP contribution in [0.1, 0.15) is 12.8 Å². The Morgan fingerprint density at radius 3 is 2.67 bits per heavy atom. The van der Waals surface area contributed by atoms with E-state index < -0.39 is 0 Å². The number of allylic oxidation sites excluding steroid dienone is 1. The Kier molecular flexibility index (Phi) is 0.778. The van der Waals surface area contributed by atoms with Gasteiger partial charge < -0.3 is 0 Å². The molecule has 0 N–H and O–H groups in total. The SMILES string of the molecule is C=C1C[C@@H]2C[C@H]1[C@H]2C#N. The molecule has 46 valence electrons. The summed E-state index contributed by atoms with van der Waals surface area (Å²) in [6.07, 6.45) is 2.37. The second kappa shape index (κ2) is 1.39. The molecule has 0 aromatic rings. The fourth-order valence-corrected chi connectivity index (χ4v) is 2.07. The molecule has 0 aromatic heterocycles. The van der Waals surface area contributed by atoms with E-state index in [0.717, 1.165) is 6.42 Å². The highest BCUT2D eigenvalue weighted by Gasteiger charge is 2.49. The first-order valence-corrected chi connectivity index (χ1v) is 3.40. The smallest absolute Gasteiger partial charge is 0.0665 e. The molecule has 3 saturated carbocycles. The first kappa shape index (κ1) is 5.05. The number of fused-ring (bicyclic) bond motifs is 1. The number of rotatable bonds is 0. The first-order valence-electron chi connectivity index (χ1n) is 3.40. The molecule has 9 heavy (non-hydrogen) atoms. The van der Waals surface area contributed by atoms with E-state index >= 15 is 0 Å². The molecular weight excluding hydrogens is 110 g/mol. The van der Waals surface area contributed by atoms with E-state index in [1.807, 2.05) is 0 Å². The van der Waals surface area contributed by atoms with Gasteiger partial charge in [-0.15, -0.1) is 0 Å². The predicted octanol–water partition coefficient (Wildman–Crippen LogP) is 1.72. The highest BCUT2D eigenvalue weighted by atomic mass is 14.5. The minimum Gasteiger partial charge on any atom is -0.198 e. The third-order valence-electron chi connectivity index (χ3n) is 2.70. The van der Waals surface area contributed by atoms with Gasteiger partial charge in [-0.05, 0) is 24.7 Å². The van der Waals surface area contributed by atoms with E-state index in [1.54, 1.807) is 0 Å². The van der Waals surface area contributed by atoms with E-state index in [1.165, 1.54) is 12.0 Å². The van der Waals surface area contributed by atoms with Gasteiger partial charge in [-0.2, -0.15) is 5.26 Å². The Morgan fingerprint density at radius 1 is 1.67 bits per heavy atom. The molecule has 3 fully saturated rings. The molecule has 1 nitrogen and oxygen atoms in total. The maximum Gasteiger partial charge on any atom is 0.0665 e. The van der Waals surface area contributed by atoms with Gasteiger partial charge in [0, 0.05) is 0 Å². The summed E-state index contributed by atoms with van der Waals surface area (Å²) in [5, 5.41) is 8.59. The summed E-state index contributed by atoms with van der Waals surface area (Å²) < 4.78 is 0. The molecular formula is C8H9N. The lowest BCUT2D eigenvalue weighted by molar-refractivity contribution is 0.229. The van der Waals surface area contributed by atoms with Crippen molar-refractivity contribution in [2.24, 2.45) is 17.8 Å². The summed E-state index contributed by atoms with van der Waals surface area (Å²) in [4.78, 5) is 0. The average Bonchev–Trinajstić information content (AvgIpc) is 2.22. The number of hydrogen-bond acceptors (Lipinski definition) is 1. The molecule has 0 aliphatic heterocycles. The van der Waals surface area contributed by atoms with Crippen molar-refractivity contribution in [3.8, 4) is 6.07 Å². The Bertz CT molecular complexity index is 199. The van der Waals surface area contributed by atoms with Crippen molar-refractivity contribution in [3.63, 3.8) is 0 Å². The van der Waals surface area contributed by atoms with Crippen molar-refractivity contribution in [2.45, 2.75) is 12.8 Å². The Morgan fingerprint density at radius 2 is 2.44 bits per heavy atom. The minimum absolute atomic E-state index is 0.345. The van der Waals surface area contributed by atoms with E-state index in [-0.39, 0.29) is 0 Å². The van der Waals surface area contributed by atoms with Gasteiger partial charge in [0.05, 0.1) is 12.0 Å². The van der Waals surface area contributed by atoms with Crippen LogP contribution in [0.3, 0.4) is 0 Å². The van der Waals surface area contributed by atoms with Crippen LogP contribution in [-0.4, -0.2) is 0 Å². The van der Waals surface area contributed by atoms with E-state index in [0.29, 0.717) is 17.8 Å². The number of nitrogens with zero attached hydrogens (tertiary/aromatic N) is 1. The van der Waals surface area contributed by atoms with Crippen molar-refractivity contribution in [2.75, 3.05) is 0 Å². The maximum absolute atomic E-state index is 8.59. The van der Waals surface area contributed by atoms with Gasteiger partial charge in [0.2, 0.25) is 0 Å². The molecule has 0 aromatic carbocycles. The van der Waals surface area contributed by atoms with Gasteiger partial charge in [-0.25, -0.2) is 0 Å². The van der Waals surface area contributed by atoms with Gasteiger partial charge in [-0.1, -0.05) is 12.2 Å². The monoisotopic (exact) mass is 119 g/mol. The fourth-order valence-electron chi connectivity index (χ4n) is 2.07. The lowest BCUT2D eigenvalue weighted by Gasteiger charge is -2.28. The largest absolute Gasteiger partial charge is 0.198 e. The van der Waals surface area contributed by atoms with Crippen molar-refractivity contribution in [3.05, 3.63) is 12.2 Å². The number of hydrogen-bond donors (Lipinski definition) is 0. The summed E-state index contributed by atoms with van der Waals surface area (Å²) in [6.45, 7) is 3.92. The zero-order valence-electron chi connectivity index (χ0n) is 5.30. The highest BCUT2D eigenvalue weighted by molar-refractivity contribution is 5.24. The van der Waals surface area contributed by atoms with Crippen LogP contribution in [0.2, 0.25) is 0 Å². The molecule has 0 radical (unpaired) electrons. The van der Waals surface area contributed by atoms with E-state index in [9.17, 15) is 0 Å². The van der Waals surface area contributed by atoms with Crippen LogP contribution in [-0.2, 0) is 0 Å². The van der Waals surface area contributed by atoms with Crippen LogP contribution in [0.5, 0.6) is 0 Å². The zero-order chi connectivity index (χ0) is 6.43. The van der Waals surface area contributed by atoms with Crippen LogP contribution in [0.4, 0.5) is 0 Å². The van der Waals surface area contributed by atoms with Gasteiger partial charge in [0.25, 0.3) is 0 Å². The highest BCUT2D eigenvalue weighted by Crippen LogP contribution is 2.55. The molecule has 3 aliphatic carbocycles. The maximum atomic E-state index is 8.59. The Balaban J connectivity index is 2.24. The minimum atomic E-state index is 0.345. The van der Waals surface area contributed by atoms with Crippen molar-refractivity contribution >= 4 is 0 Å². The molecule has 3 aliphatic rings. The molecule has 3 rings (SSSR count). The lowest BCUT2D eigenvalue weighted by atomic mass is 9.73. The molecule has 0 heterocycles. The predicted molar refractivity (Wildman–Crippen MR) is 34.5 cm³/mol. The van der Waals surface area contributed by atoms with Gasteiger partial charge >= 0.3 is 0 Å². The van der Waals surface area contributed by atoms with Crippen molar-refractivity contribution < 1.29 is 0 Å². The fraction of sp³-hybridized carbons (Fsp3) is 0.625. The first-order chi connectivity index (χ1) is 4.33. The second-order valence-electron chi connectivity index (χ2n) is 3.12. The third kappa shape index (κ3) is 0.439. The normalized spacial score (nSPS) is 46.1. The van der Waals surface area contributed by atoms with Crippen molar-refractivity contribution in [1.29, 1.82) is 5.26 Å². The van der Waals surface area contributed by atoms with Gasteiger partial charge in [-0.3, -0.25) is 0 Å². The number of nitriles is 1. The van der Waals surface area contributed by atoms with Crippen LogP contribution < -0.4 is 0 Å². The van der Waals surface area contributed by atoms with Gasteiger partial charge in [0.15, 0.2) is 0 Å². The van der Waals surface area contributed by atoms with E-state index in [2.05, 4.69) is 12.6 Å². The van der Waals surface area contributed by atoms with Crippen LogP contribution in [0, 0.1) is 29.1 Å². The topological polar surface area (TPSA) is 23.8 Å². The lowest BCUT2D eigenvalue weighted by Crippen LogP contribution is -2.26. The molecule has 0 amide bonds. The van der Waals surface area contributed by atoms with Crippen LogP contribution in [0.15, 0.2) is 12.2 Å². The summed E-state index contributed by atoms with van der Waals surface area (Å²) in [7, 11) is 0. The van der Waals surface area contributed by atoms with E-state index in [4.69, 9.17) is 5.26 Å². The summed E-state index contributed by atoms with van der Waals surface area (Å²) in [5.74, 6) is 1.62. The summed E-state index contributed by atoms with van der Waals surface area (Å²) >= 11 is 0. The summed E-state index contributed by atoms with van der Waals surface area (Å²) in [6, 6.07) is 2.33. The second-order valence-corrected chi connectivity index (χ2v) is 3.12. The molecule has 0 spiro atoms. The Hall–Kier alpha value is -0.770. The molecule has 3 atom stereocenters. The Labute approximate surface area is 55.0 Å². The van der Waals surface area contributed by atoms with Crippen LogP contribution >= 0.6 is 0 Å². The van der Waals surface area contributed by atoms with Gasteiger partial charge in [0.1, 0.15) is 0 Å². The molecule has 0 saturated heterocycles. The molecule has 1 heteroatoms. The molecule has 0 unspecified atom stereocenters. The van der Waals surface area contributed by atoms with Crippen molar-refractivity contribution in [1.82, 2.24) is 0 Å². The molecule has 2 bridgehead atoms.